The van der Waals surface area contributed by atoms with Crippen LogP contribution in [0, 0.1) is 17.0 Å². The average molecular weight is 323 g/mol. The fourth-order valence-electron chi connectivity index (χ4n) is 1.63. The van der Waals surface area contributed by atoms with Crippen molar-refractivity contribution in [2.45, 2.75) is 12.3 Å². The monoisotopic (exact) mass is 322 g/mol. The molecule has 2 aromatic rings. The third-order valence-corrected chi connectivity index (χ3v) is 3.18. The van der Waals surface area contributed by atoms with Gasteiger partial charge in [0.25, 0.3) is 0 Å². The van der Waals surface area contributed by atoms with Crippen molar-refractivity contribution in [1.29, 1.82) is 0 Å². The number of halogens is 1. The van der Waals surface area contributed by atoms with Crippen molar-refractivity contribution < 1.29 is 9.66 Å². The highest BCUT2D eigenvalue weighted by Crippen LogP contribution is 2.35. The first kappa shape index (κ1) is 13.5. The molecule has 0 spiro atoms. The van der Waals surface area contributed by atoms with Gasteiger partial charge in [-0.3, -0.25) is 10.1 Å². The van der Waals surface area contributed by atoms with E-state index < -0.39 is 4.92 Å². The fourth-order valence-corrected chi connectivity index (χ4v) is 2.05. The average Bonchev–Trinajstić information content (AvgIpc) is 2.41. The van der Waals surface area contributed by atoms with Crippen molar-refractivity contribution in [1.82, 2.24) is 4.98 Å². The molecule has 1 aromatic heterocycles. The minimum absolute atomic E-state index is 0.0637. The number of rotatable bonds is 4. The van der Waals surface area contributed by atoms with Crippen LogP contribution in [0.25, 0.3) is 0 Å². The van der Waals surface area contributed by atoms with Crippen molar-refractivity contribution in [2.24, 2.45) is 0 Å². The summed E-state index contributed by atoms with van der Waals surface area (Å²) in [6.45, 7) is 1.76. The molecule has 0 aliphatic rings. The van der Waals surface area contributed by atoms with Crippen molar-refractivity contribution in [3.8, 4) is 11.6 Å². The molecule has 0 N–H and O–H groups in total. The lowest BCUT2D eigenvalue weighted by molar-refractivity contribution is -0.385. The van der Waals surface area contributed by atoms with E-state index in [2.05, 4.69) is 20.9 Å². The Balaban J connectivity index is 2.46. The van der Waals surface area contributed by atoms with Gasteiger partial charge in [-0.15, -0.1) is 0 Å². The summed E-state index contributed by atoms with van der Waals surface area (Å²) in [5.74, 6) is 0.602. The quantitative estimate of drug-likeness (QED) is 0.485. The number of aromatic nitrogens is 1. The molecule has 0 radical (unpaired) electrons. The Kier molecular flexibility index (Phi) is 4.11. The third-order valence-electron chi connectivity index (χ3n) is 2.58. The summed E-state index contributed by atoms with van der Waals surface area (Å²) >= 11 is 3.33. The maximum atomic E-state index is 11.0. The van der Waals surface area contributed by atoms with Gasteiger partial charge in [-0.25, -0.2) is 4.98 Å². The van der Waals surface area contributed by atoms with E-state index in [1.165, 1.54) is 6.07 Å². The number of alkyl halides is 1. The van der Waals surface area contributed by atoms with Crippen molar-refractivity contribution in [2.75, 3.05) is 0 Å². The summed E-state index contributed by atoms with van der Waals surface area (Å²) < 4.78 is 5.64. The highest BCUT2D eigenvalue weighted by atomic mass is 79.9. The maximum Gasteiger partial charge on any atom is 0.311 e. The maximum absolute atomic E-state index is 11.0. The molecule has 0 unspecified atom stereocenters. The van der Waals surface area contributed by atoms with Crippen LogP contribution < -0.4 is 4.74 Å². The molecule has 1 aromatic carbocycles. The van der Waals surface area contributed by atoms with Crippen LogP contribution in [0.4, 0.5) is 5.69 Å². The number of para-hydroxylation sites is 1. The van der Waals surface area contributed by atoms with Crippen LogP contribution >= 0.6 is 15.9 Å². The molecule has 0 saturated heterocycles. The zero-order valence-corrected chi connectivity index (χ0v) is 11.8. The van der Waals surface area contributed by atoms with Gasteiger partial charge in [-0.2, -0.15) is 0 Å². The highest BCUT2D eigenvalue weighted by molar-refractivity contribution is 9.08. The first-order valence-electron chi connectivity index (χ1n) is 5.55. The Morgan fingerprint density at radius 3 is 2.84 bits per heavy atom. The number of pyridine rings is 1. The largest absolute Gasteiger partial charge is 0.431 e. The fraction of sp³-hybridized carbons (Fsp3) is 0.154. The van der Waals surface area contributed by atoms with Crippen LogP contribution in [0.15, 0.2) is 36.5 Å². The number of hydrogen-bond donors (Lipinski definition) is 0. The highest BCUT2D eigenvalue weighted by Gasteiger charge is 2.19. The van der Waals surface area contributed by atoms with Crippen molar-refractivity contribution in [3.05, 3.63) is 57.8 Å². The van der Waals surface area contributed by atoms with Gasteiger partial charge in [-0.1, -0.05) is 34.1 Å². The number of ether oxygens (including phenoxy) is 1. The minimum Gasteiger partial charge on any atom is -0.431 e. The first-order chi connectivity index (χ1) is 9.13. The number of nitrogens with zero attached hydrogens (tertiary/aromatic N) is 2. The zero-order valence-electron chi connectivity index (χ0n) is 10.2. The second-order valence-electron chi connectivity index (χ2n) is 3.88. The Bertz CT molecular complexity index is 617. The van der Waals surface area contributed by atoms with Crippen LogP contribution in [0.1, 0.15) is 11.1 Å². The van der Waals surface area contributed by atoms with Gasteiger partial charge in [0.2, 0.25) is 11.6 Å². The van der Waals surface area contributed by atoms with Crippen LogP contribution in [-0.4, -0.2) is 9.91 Å². The second-order valence-corrected chi connectivity index (χ2v) is 4.44. The lowest BCUT2D eigenvalue weighted by Gasteiger charge is -2.10. The van der Waals surface area contributed by atoms with Crippen molar-refractivity contribution in [3.63, 3.8) is 0 Å². The number of nitro benzene ring substituents is 1. The Hall–Kier alpha value is -1.95. The predicted molar refractivity (Wildman–Crippen MR) is 74.8 cm³/mol. The molecule has 19 heavy (non-hydrogen) atoms. The molecular weight excluding hydrogens is 312 g/mol. The Morgan fingerprint density at radius 1 is 1.37 bits per heavy atom. The van der Waals surface area contributed by atoms with E-state index in [4.69, 9.17) is 4.74 Å². The molecule has 0 aliphatic heterocycles. The lowest BCUT2D eigenvalue weighted by atomic mass is 10.2. The number of nitro groups is 1. The van der Waals surface area contributed by atoms with E-state index in [0.717, 1.165) is 5.56 Å². The molecule has 0 saturated carbocycles. The summed E-state index contributed by atoms with van der Waals surface area (Å²) in [5.41, 5.74) is 1.46. The standard InChI is InChI=1S/C13H11BrN2O3/c1-9-4-2-6-11(16(17)18)12(9)19-13-10(8-14)5-3-7-15-13/h2-7H,8H2,1H3. The molecule has 0 bridgehead atoms. The Labute approximate surface area is 118 Å². The smallest absolute Gasteiger partial charge is 0.311 e. The molecule has 6 heteroatoms. The van der Waals surface area contributed by atoms with Crippen LogP contribution in [0.3, 0.4) is 0 Å². The molecule has 98 valence electrons. The molecule has 0 amide bonds. The van der Waals surface area contributed by atoms with Gasteiger partial charge in [0.15, 0.2) is 0 Å². The van der Waals surface area contributed by atoms with Crippen LogP contribution in [0.2, 0.25) is 0 Å². The minimum atomic E-state index is -0.459. The molecule has 0 aliphatic carbocycles. The SMILES string of the molecule is Cc1cccc([N+](=O)[O-])c1Oc1ncccc1CBr. The van der Waals surface area contributed by atoms with E-state index in [1.807, 2.05) is 6.07 Å². The molecule has 5 nitrogen and oxygen atoms in total. The summed E-state index contributed by atoms with van der Waals surface area (Å²) in [6, 6.07) is 8.44. The van der Waals surface area contributed by atoms with E-state index in [0.29, 0.717) is 16.8 Å². The van der Waals surface area contributed by atoms with E-state index in [9.17, 15) is 10.1 Å². The number of benzene rings is 1. The summed E-state index contributed by atoms with van der Waals surface area (Å²) in [7, 11) is 0. The molecule has 2 rings (SSSR count). The predicted octanol–water partition coefficient (Wildman–Crippen LogP) is 3.99. The zero-order chi connectivity index (χ0) is 13.8. The summed E-state index contributed by atoms with van der Waals surface area (Å²) in [5, 5.41) is 11.6. The number of hydrogen-bond acceptors (Lipinski definition) is 4. The van der Waals surface area contributed by atoms with E-state index in [-0.39, 0.29) is 11.4 Å². The first-order valence-corrected chi connectivity index (χ1v) is 6.67. The van der Waals surface area contributed by atoms with E-state index in [1.54, 1.807) is 31.3 Å². The van der Waals surface area contributed by atoms with Gasteiger partial charge in [-0.05, 0) is 18.6 Å². The van der Waals surface area contributed by atoms with Crippen LogP contribution in [0.5, 0.6) is 11.6 Å². The second kappa shape index (κ2) is 5.79. The van der Waals surface area contributed by atoms with Gasteiger partial charge in [0.1, 0.15) is 0 Å². The normalized spacial score (nSPS) is 10.2. The molecule has 0 atom stereocenters. The Morgan fingerprint density at radius 2 is 2.16 bits per heavy atom. The molecule has 1 heterocycles. The number of aryl methyl sites for hydroxylation is 1. The van der Waals surface area contributed by atoms with Gasteiger partial charge in [0.05, 0.1) is 4.92 Å². The molecule has 0 fully saturated rings. The third kappa shape index (κ3) is 2.90. The lowest BCUT2D eigenvalue weighted by Crippen LogP contribution is -1.98. The summed E-state index contributed by atoms with van der Waals surface area (Å²) in [4.78, 5) is 14.7. The molecular formula is C13H11BrN2O3. The van der Waals surface area contributed by atoms with Crippen LogP contribution in [-0.2, 0) is 5.33 Å². The van der Waals surface area contributed by atoms with Gasteiger partial charge in [0, 0.05) is 23.2 Å². The topological polar surface area (TPSA) is 65.3 Å². The van der Waals surface area contributed by atoms with Crippen molar-refractivity contribution >= 4 is 21.6 Å². The van der Waals surface area contributed by atoms with Gasteiger partial charge >= 0.3 is 5.69 Å². The van der Waals surface area contributed by atoms with Gasteiger partial charge < -0.3 is 4.74 Å². The van der Waals surface area contributed by atoms with E-state index >= 15 is 0 Å². The summed E-state index contributed by atoms with van der Waals surface area (Å²) in [6.07, 6.45) is 1.59.